The van der Waals surface area contributed by atoms with Crippen LogP contribution in [0.3, 0.4) is 0 Å². The second-order valence-corrected chi connectivity index (χ2v) is 12.1. The Balaban J connectivity index is 0.00000294. The number of benzene rings is 2. The Morgan fingerprint density at radius 2 is 1.54 bits per heavy atom. The molecule has 0 radical (unpaired) electrons. The van der Waals surface area contributed by atoms with E-state index in [9.17, 15) is 4.79 Å². The first kappa shape index (κ1) is 29.2. The maximum atomic E-state index is 12.5. The van der Waals surface area contributed by atoms with Gasteiger partial charge < -0.3 is 29.0 Å². The SMILES string of the molecule is CC(COc1ccccc1)OC(=O)NCC1(C)CC(NC2OC2OC(C)COc2ccccc2)CC(C)(C)C1.[HH].[HH]. The van der Waals surface area contributed by atoms with Gasteiger partial charge in [0.2, 0.25) is 0 Å². The van der Waals surface area contributed by atoms with Crippen LogP contribution in [0.25, 0.3) is 0 Å². The fraction of sp³-hybridized carbons (Fsp3) is 0.581. The van der Waals surface area contributed by atoms with Gasteiger partial charge in [-0.05, 0) is 68.2 Å². The van der Waals surface area contributed by atoms with E-state index in [4.69, 9.17) is 23.7 Å². The number of carbonyl (C=O) groups excluding carboxylic acids is 1. The minimum atomic E-state index is -0.418. The molecule has 1 saturated carbocycles. The summed E-state index contributed by atoms with van der Waals surface area (Å²) < 4.78 is 28.8. The molecule has 218 valence electrons. The van der Waals surface area contributed by atoms with Gasteiger partial charge in [0.25, 0.3) is 0 Å². The molecule has 2 N–H and O–H groups in total. The van der Waals surface area contributed by atoms with Gasteiger partial charge >= 0.3 is 6.09 Å². The monoisotopic (exact) mass is 544 g/mol. The number of nitrogens with one attached hydrogen (secondary N) is 2. The molecule has 6 atom stereocenters. The van der Waals surface area contributed by atoms with Gasteiger partial charge in [-0.15, -0.1) is 0 Å². The van der Waals surface area contributed by atoms with Crippen molar-refractivity contribution in [3.63, 3.8) is 0 Å². The highest BCUT2D eigenvalue weighted by atomic mass is 16.8. The maximum absolute atomic E-state index is 12.5. The van der Waals surface area contributed by atoms with Gasteiger partial charge in [-0.25, -0.2) is 4.79 Å². The average Bonchev–Trinajstić information content (AvgIpc) is 3.61. The molecule has 8 heteroatoms. The lowest BCUT2D eigenvalue weighted by Crippen LogP contribution is -2.50. The van der Waals surface area contributed by atoms with E-state index in [1.54, 1.807) is 0 Å². The molecule has 8 nitrogen and oxygen atoms in total. The molecule has 6 unspecified atom stereocenters. The molecule has 1 amide bonds. The summed E-state index contributed by atoms with van der Waals surface area (Å²) in [7, 11) is 0. The van der Waals surface area contributed by atoms with Crippen LogP contribution >= 0.6 is 0 Å². The van der Waals surface area contributed by atoms with Gasteiger partial charge in [0.15, 0.2) is 12.5 Å². The van der Waals surface area contributed by atoms with E-state index in [0.717, 1.165) is 30.8 Å². The first-order valence-corrected chi connectivity index (χ1v) is 14.0. The third-order valence-electron chi connectivity index (χ3n) is 7.08. The van der Waals surface area contributed by atoms with Gasteiger partial charge in [-0.1, -0.05) is 57.2 Å². The molecular weight excluding hydrogens is 496 g/mol. The fourth-order valence-corrected chi connectivity index (χ4v) is 5.71. The van der Waals surface area contributed by atoms with Gasteiger partial charge in [-0.2, -0.15) is 0 Å². The number of para-hydroxylation sites is 2. The smallest absolute Gasteiger partial charge is 0.407 e. The Bertz CT molecular complexity index is 1050. The molecule has 2 aromatic carbocycles. The second kappa shape index (κ2) is 13.0. The van der Waals surface area contributed by atoms with Crippen LogP contribution in [0, 0.1) is 10.8 Å². The Morgan fingerprint density at radius 1 is 0.949 bits per heavy atom. The predicted molar refractivity (Wildman–Crippen MR) is 154 cm³/mol. The summed E-state index contributed by atoms with van der Waals surface area (Å²) in [5.41, 5.74) is 0.0411. The lowest BCUT2D eigenvalue weighted by atomic mass is 9.62. The van der Waals surface area contributed by atoms with Crippen LogP contribution in [0.15, 0.2) is 60.7 Å². The highest BCUT2D eigenvalue weighted by molar-refractivity contribution is 5.67. The van der Waals surface area contributed by atoms with E-state index in [1.165, 1.54) is 0 Å². The minimum absolute atomic E-state index is 0. The highest BCUT2D eigenvalue weighted by Crippen LogP contribution is 2.46. The van der Waals surface area contributed by atoms with Crippen molar-refractivity contribution in [3.8, 4) is 11.5 Å². The van der Waals surface area contributed by atoms with Crippen LogP contribution in [-0.4, -0.2) is 56.6 Å². The number of rotatable bonds is 13. The zero-order valence-electron chi connectivity index (χ0n) is 23.9. The Kier molecular flexibility index (Phi) is 9.75. The van der Waals surface area contributed by atoms with Crippen LogP contribution in [0.2, 0.25) is 0 Å². The van der Waals surface area contributed by atoms with Crippen molar-refractivity contribution in [2.24, 2.45) is 10.8 Å². The molecule has 1 saturated heterocycles. The number of ether oxygens (including phenoxy) is 5. The lowest BCUT2D eigenvalue weighted by molar-refractivity contribution is -0.0228. The van der Waals surface area contributed by atoms with E-state index in [2.05, 4.69) is 31.4 Å². The van der Waals surface area contributed by atoms with Crippen molar-refractivity contribution in [3.05, 3.63) is 60.7 Å². The number of alkyl carbamates (subject to hydrolysis) is 1. The molecule has 2 aliphatic rings. The van der Waals surface area contributed by atoms with Gasteiger partial charge in [0.05, 0.1) is 6.10 Å². The normalized spacial score (nSPS) is 27.2. The molecule has 0 bridgehead atoms. The summed E-state index contributed by atoms with van der Waals surface area (Å²) >= 11 is 0. The van der Waals surface area contributed by atoms with E-state index >= 15 is 0 Å². The lowest BCUT2D eigenvalue weighted by Gasteiger charge is -2.47. The van der Waals surface area contributed by atoms with Crippen molar-refractivity contribution in [2.75, 3.05) is 19.8 Å². The quantitative estimate of drug-likeness (QED) is 0.298. The summed E-state index contributed by atoms with van der Waals surface area (Å²) in [6, 6.07) is 19.5. The Hall–Kier alpha value is -2.81. The number of amides is 1. The van der Waals surface area contributed by atoms with Gasteiger partial charge in [0, 0.05) is 15.4 Å². The van der Waals surface area contributed by atoms with Gasteiger partial charge in [0.1, 0.15) is 30.8 Å². The van der Waals surface area contributed by atoms with Crippen LogP contribution in [0.1, 0.15) is 56.7 Å². The van der Waals surface area contributed by atoms with E-state index < -0.39 is 6.09 Å². The molecule has 1 aliphatic heterocycles. The van der Waals surface area contributed by atoms with Crippen molar-refractivity contribution >= 4 is 6.09 Å². The van der Waals surface area contributed by atoms with Crippen LogP contribution in [0.5, 0.6) is 11.5 Å². The average molecular weight is 545 g/mol. The molecule has 4 rings (SSSR count). The summed E-state index contributed by atoms with van der Waals surface area (Å²) in [5, 5.41) is 6.63. The predicted octanol–water partition coefficient (Wildman–Crippen LogP) is 6.01. The third kappa shape index (κ3) is 9.71. The fourth-order valence-electron chi connectivity index (χ4n) is 5.71. The molecule has 2 aromatic rings. The molecule has 0 spiro atoms. The first-order valence-electron chi connectivity index (χ1n) is 14.0. The van der Waals surface area contributed by atoms with E-state index in [0.29, 0.717) is 19.8 Å². The van der Waals surface area contributed by atoms with Crippen molar-refractivity contribution in [2.45, 2.75) is 84.6 Å². The van der Waals surface area contributed by atoms with Crippen LogP contribution in [0.4, 0.5) is 4.79 Å². The third-order valence-corrected chi connectivity index (χ3v) is 7.08. The summed E-state index contributed by atoms with van der Waals surface area (Å²) in [4.78, 5) is 12.5. The van der Waals surface area contributed by atoms with Crippen molar-refractivity contribution in [1.82, 2.24) is 10.6 Å². The highest BCUT2D eigenvalue weighted by Gasteiger charge is 2.47. The van der Waals surface area contributed by atoms with E-state index in [1.807, 2.05) is 74.5 Å². The zero-order valence-corrected chi connectivity index (χ0v) is 23.9. The molecule has 39 heavy (non-hydrogen) atoms. The largest absolute Gasteiger partial charge is 0.491 e. The van der Waals surface area contributed by atoms with Crippen molar-refractivity contribution < 1.29 is 31.3 Å². The Labute approximate surface area is 235 Å². The summed E-state index contributed by atoms with van der Waals surface area (Å²) in [6.07, 6.45) is 1.68. The molecule has 2 fully saturated rings. The van der Waals surface area contributed by atoms with Crippen LogP contribution < -0.4 is 20.1 Å². The number of epoxide rings is 1. The molecular formula is C31H48N2O6. The molecule has 1 heterocycles. The number of carbonyl (C=O) groups is 1. The summed E-state index contributed by atoms with van der Waals surface area (Å²) in [5.74, 6) is 1.58. The minimum Gasteiger partial charge on any atom is -0.491 e. The topological polar surface area (TPSA) is 90.6 Å². The molecule has 1 aliphatic carbocycles. The first-order chi connectivity index (χ1) is 18.6. The summed E-state index contributed by atoms with van der Waals surface area (Å²) in [6.45, 7) is 11.9. The molecule has 0 aromatic heterocycles. The zero-order chi connectivity index (χ0) is 27.9. The Morgan fingerprint density at radius 3 is 2.15 bits per heavy atom. The number of hydrogen-bond donors (Lipinski definition) is 2. The second-order valence-electron chi connectivity index (χ2n) is 12.1. The maximum Gasteiger partial charge on any atom is 0.407 e. The van der Waals surface area contributed by atoms with Gasteiger partial charge in [-0.3, -0.25) is 5.32 Å². The van der Waals surface area contributed by atoms with Crippen LogP contribution in [-0.2, 0) is 14.2 Å². The number of hydrogen-bond acceptors (Lipinski definition) is 7. The standard InChI is InChI=1S/C31H44N2O6.2H2/c1-22(18-35-25-12-8-6-9-13-25)37-28-27(39-28)33-24-16-30(3,4)20-31(5,17-24)21-32-29(34)38-23(2)19-36-26-14-10-7-11-15-26;;/h6-15,22-24,27-28,33H,16-21H2,1-5H3,(H,32,34);2*1H. The van der Waals surface area contributed by atoms with E-state index in [-0.39, 0.29) is 44.5 Å². The van der Waals surface area contributed by atoms with Crippen molar-refractivity contribution in [1.29, 1.82) is 0 Å².